The lowest BCUT2D eigenvalue weighted by Crippen LogP contribution is -2.30. The van der Waals surface area contributed by atoms with Gasteiger partial charge in [-0.05, 0) is 77.0 Å². The number of allylic oxidation sites excluding steroid dienone is 8. The highest BCUT2D eigenvalue weighted by molar-refractivity contribution is 5.71. The summed E-state index contributed by atoms with van der Waals surface area (Å²) in [5, 5.41) is 0. The van der Waals surface area contributed by atoms with Crippen molar-refractivity contribution in [1.82, 2.24) is 0 Å². The Balaban J connectivity index is 4.20. The monoisotopic (exact) mass is 1050 g/mol. The van der Waals surface area contributed by atoms with Gasteiger partial charge >= 0.3 is 17.9 Å². The predicted octanol–water partition coefficient (Wildman–Crippen LogP) is 22.6. The van der Waals surface area contributed by atoms with Crippen molar-refractivity contribution >= 4 is 17.9 Å². The molecule has 0 aliphatic carbocycles. The van der Waals surface area contributed by atoms with E-state index in [1.54, 1.807) is 0 Å². The molecule has 1 atom stereocenters. The van der Waals surface area contributed by atoms with Gasteiger partial charge in [-0.15, -0.1) is 0 Å². The molecule has 0 aliphatic rings. The third-order valence-electron chi connectivity index (χ3n) is 14.8. The van der Waals surface area contributed by atoms with E-state index < -0.39 is 6.10 Å². The molecule has 0 N–H and O–H groups in total. The van der Waals surface area contributed by atoms with Gasteiger partial charge in [0.15, 0.2) is 6.10 Å². The van der Waals surface area contributed by atoms with Crippen molar-refractivity contribution in [2.24, 2.45) is 0 Å². The minimum Gasteiger partial charge on any atom is -0.462 e. The van der Waals surface area contributed by atoms with Crippen molar-refractivity contribution in [3.05, 3.63) is 48.6 Å². The average Bonchev–Trinajstić information content (AvgIpc) is 3.41. The maximum Gasteiger partial charge on any atom is 0.306 e. The Kier molecular flexibility index (Phi) is 61.7. The Morgan fingerprint density at radius 1 is 0.267 bits per heavy atom. The van der Waals surface area contributed by atoms with Crippen LogP contribution in [0.4, 0.5) is 0 Å². The van der Waals surface area contributed by atoms with Crippen LogP contribution in [-0.2, 0) is 28.6 Å². The summed E-state index contributed by atoms with van der Waals surface area (Å²) >= 11 is 0. The summed E-state index contributed by atoms with van der Waals surface area (Å²) in [4.78, 5) is 38.3. The van der Waals surface area contributed by atoms with Crippen LogP contribution in [0.3, 0.4) is 0 Å². The van der Waals surface area contributed by atoms with Gasteiger partial charge < -0.3 is 14.2 Å². The highest BCUT2D eigenvalue weighted by atomic mass is 16.6. The van der Waals surface area contributed by atoms with E-state index in [2.05, 4.69) is 69.4 Å². The molecule has 0 bridgehead atoms. The second-order valence-electron chi connectivity index (χ2n) is 22.4. The van der Waals surface area contributed by atoms with Gasteiger partial charge in [-0.25, -0.2) is 0 Å². The van der Waals surface area contributed by atoms with E-state index in [0.717, 1.165) is 103 Å². The number of rotatable bonds is 61. The summed E-state index contributed by atoms with van der Waals surface area (Å²) in [6.07, 6.45) is 79.9. The SMILES string of the molecule is CCCC/C=C\C/C=C\CCCCCCCC(=O)OCC(COC(=O)CCCCCCCCCCCCCCCCCCCCCCCCCCCCCC)OC(=O)CCCCCCC/C=C\C/C=C\CCCCC. The summed E-state index contributed by atoms with van der Waals surface area (Å²) in [5.41, 5.74) is 0. The van der Waals surface area contributed by atoms with Gasteiger partial charge in [0, 0.05) is 19.3 Å². The fourth-order valence-electron chi connectivity index (χ4n) is 9.79. The van der Waals surface area contributed by atoms with Gasteiger partial charge in [0.05, 0.1) is 0 Å². The molecule has 438 valence electrons. The molecule has 0 aromatic rings. The minimum absolute atomic E-state index is 0.0802. The van der Waals surface area contributed by atoms with Crippen LogP contribution in [0.15, 0.2) is 48.6 Å². The van der Waals surface area contributed by atoms with Crippen LogP contribution in [0, 0.1) is 0 Å². The van der Waals surface area contributed by atoms with Crippen LogP contribution in [0.2, 0.25) is 0 Å². The predicted molar refractivity (Wildman–Crippen MR) is 325 cm³/mol. The van der Waals surface area contributed by atoms with E-state index in [0.29, 0.717) is 19.3 Å². The zero-order valence-corrected chi connectivity index (χ0v) is 50.3. The van der Waals surface area contributed by atoms with E-state index in [9.17, 15) is 14.4 Å². The molecule has 6 heteroatoms. The number of esters is 3. The quantitative estimate of drug-likeness (QED) is 0.0261. The fraction of sp³-hybridized carbons (Fsp3) is 0.841. The van der Waals surface area contributed by atoms with Crippen LogP contribution in [0.5, 0.6) is 0 Å². The molecule has 0 aromatic carbocycles. The van der Waals surface area contributed by atoms with Crippen molar-refractivity contribution in [3.63, 3.8) is 0 Å². The lowest BCUT2D eigenvalue weighted by Gasteiger charge is -2.18. The first-order valence-electron chi connectivity index (χ1n) is 33.1. The van der Waals surface area contributed by atoms with Crippen LogP contribution in [-0.4, -0.2) is 37.2 Å². The largest absolute Gasteiger partial charge is 0.462 e. The topological polar surface area (TPSA) is 78.9 Å². The van der Waals surface area contributed by atoms with Gasteiger partial charge in [0.25, 0.3) is 0 Å². The molecule has 75 heavy (non-hydrogen) atoms. The maximum atomic E-state index is 12.9. The van der Waals surface area contributed by atoms with Crippen molar-refractivity contribution < 1.29 is 28.6 Å². The Morgan fingerprint density at radius 2 is 0.493 bits per heavy atom. The zero-order valence-electron chi connectivity index (χ0n) is 50.3. The summed E-state index contributed by atoms with van der Waals surface area (Å²) in [6, 6.07) is 0. The number of ether oxygens (including phenoxy) is 3. The van der Waals surface area contributed by atoms with E-state index in [4.69, 9.17) is 14.2 Å². The first-order chi connectivity index (χ1) is 37.0. The number of hydrogen-bond donors (Lipinski definition) is 0. The van der Waals surface area contributed by atoms with Crippen LogP contribution in [0.1, 0.15) is 355 Å². The standard InChI is InChI=1S/C69H126O6/c1-4-7-10-13-16-19-22-25-28-29-30-31-32-33-34-35-36-37-38-39-40-42-44-47-50-53-56-59-62-68(71)74-65-66(64-73-67(70)61-58-55-52-49-46-43-27-24-21-18-15-12-9-6-3)75-69(72)63-60-57-54-51-48-45-41-26-23-20-17-14-11-8-5-2/h15,17-18,20,24,26-27,41,66H,4-14,16,19,21-23,25,28-40,42-65H2,1-3H3/b18-15-,20-17-,27-24-,41-26-. The van der Waals surface area contributed by atoms with Crippen LogP contribution < -0.4 is 0 Å². The molecule has 0 saturated heterocycles. The van der Waals surface area contributed by atoms with E-state index in [1.807, 2.05) is 0 Å². The highest BCUT2D eigenvalue weighted by Gasteiger charge is 2.19. The van der Waals surface area contributed by atoms with Crippen LogP contribution in [0.25, 0.3) is 0 Å². The third kappa shape index (κ3) is 62.1. The lowest BCUT2D eigenvalue weighted by molar-refractivity contribution is -0.167. The lowest BCUT2D eigenvalue weighted by atomic mass is 10.0. The second kappa shape index (κ2) is 63.9. The van der Waals surface area contributed by atoms with Gasteiger partial charge in [0.2, 0.25) is 0 Å². The van der Waals surface area contributed by atoms with Gasteiger partial charge in [-0.1, -0.05) is 307 Å². The summed E-state index contributed by atoms with van der Waals surface area (Å²) in [5.74, 6) is -0.889. The minimum atomic E-state index is -0.785. The zero-order chi connectivity index (χ0) is 54.3. The second-order valence-corrected chi connectivity index (χ2v) is 22.4. The molecule has 0 aliphatic heterocycles. The highest BCUT2D eigenvalue weighted by Crippen LogP contribution is 2.18. The van der Waals surface area contributed by atoms with Crippen LogP contribution >= 0.6 is 0 Å². The first-order valence-corrected chi connectivity index (χ1v) is 33.1. The number of unbranched alkanes of at least 4 members (excludes halogenated alkanes) is 42. The molecule has 1 unspecified atom stereocenters. The molecule has 0 heterocycles. The Morgan fingerprint density at radius 3 is 0.800 bits per heavy atom. The smallest absolute Gasteiger partial charge is 0.306 e. The van der Waals surface area contributed by atoms with E-state index in [-0.39, 0.29) is 31.1 Å². The molecule has 0 saturated carbocycles. The summed E-state index contributed by atoms with van der Waals surface area (Å²) in [7, 11) is 0. The normalized spacial score (nSPS) is 12.3. The molecule has 0 spiro atoms. The molecule has 0 fully saturated rings. The van der Waals surface area contributed by atoms with Gasteiger partial charge in [0.1, 0.15) is 13.2 Å². The molecule has 0 amide bonds. The summed E-state index contributed by atoms with van der Waals surface area (Å²) in [6.45, 7) is 6.60. The van der Waals surface area contributed by atoms with Crippen molar-refractivity contribution in [2.75, 3.05) is 13.2 Å². The first kappa shape index (κ1) is 72.4. The number of carbonyl (C=O) groups is 3. The Hall–Kier alpha value is -2.63. The van der Waals surface area contributed by atoms with E-state index >= 15 is 0 Å². The van der Waals surface area contributed by atoms with E-state index in [1.165, 1.54) is 212 Å². The van der Waals surface area contributed by atoms with Gasteiger partial charge in [-0.2, -0.15) is 0 Å². The molecule has 0 rings (SSSR count). The Labute approximate surface area is 467 Å². The van der Waals surface area contributed by atoms with Crippen molar-refractivity contribution in [2.45, 2.75) is 361 Å². The van der Waals surface area contributed by atoms with Crippen molar-refractivity contribution in [1.29, 1.82) is 0 Å². The molecule has 6 nitrogen and oxygen atoms in total. The fourth-order valence-corrected chi connectivity index (χ4v) is 9.79. The molecular weight excluding hydrogens is 925 g/mol. The third-order valence-corrected chi connectivity index (χ3v) is 14.8. The average molecular weight is 1050 g/mol. The number of carbonyl (C=O) groups excluding carboxylic acids is 3. The molecular formula is C69H126O6. The summed E-state index contributed by atoms with van der Waals surface area (Å²) < 4.78 is 16.9. The molecule has 0 radical (unpaired) electrons. The number of hydrogen-bond acceptors (Lipinski definition) is 6. The Bertz CT molecular complexity index is 1300. The van der Waals surface area contributed by atoms with Gasteiger partial charge in [-0.3, -0.25) is 14.4 Å². The molecule has 0 aromatic heterocycles. The maximum absolute atomic E-state index is 12.9. The van der Waals surface area contributed by atoms with Crippen molar-refractivity contribution in [3.8, 4) is 0 Å².